The van der Waals surface area contributed by atoms with Crippen molar-refractivity contribution in [1.82, 2.24) is 0 Å². The lowest BCUT2D eigenvalue weighted by Gasteiger charge is -2.19. The van der Waals surface area contributed by atoms with Crippen LogP contribution in [0.3, 0.4) is 0 Å². The van der Waals surface area contributed by atoms with Crippen molar-refractivity contribution in [2.45, 2.75) is 52.1 Å². The molecule has 2 aromatic rings. The number of anilines is 1. The van der Waals surface area contributed by atoms with Crippen LogP contribution in [0, 0.1) is 0 Å². The number of hydrogen-bond acceptors (Lipinski definition) is 6. The molecule has 0 atom stereocenters. The van der Waals surface area contributed by atoms with E-state index in [9.17, 15) is 9.59 Å². The minimum absolute atomic E-state index is 0.205. The molecule has 0 saturated heterocycles. The Morgan fingerprint density at radius 3 is 2.44 bits per heavy atom. The number of fused-ring (bicyclic) bond motifs is 1. The Morgan fingerprint density at radius 2 is 1.80 bits per heavy atom. The number of aryl methyl sites for hydroxylation is 2. The summed E-state index contributed by atoms with van der Waals surface area (Å²) in [6.07, 6.45) is 1.47. The number of nitrogen functional groups attached to an aromatic ring is 1. The molecule has 0 radical (unpaired) electrons. The molecule has 0 fully saturated rings. The van der Waals surface area contributed by atoms with Gasteiger partial charge in [-0.1, -0.05) is 6.07 Å². The normalized spacial score (nSPS) is 11.5. The van der Waals surface area contributed by atoms with E-state index >= 15 is 0 Å². The van der Waals surface area contributed by atoms with Gasteiger partial charge in [0, 0.05) is 18.2 Å². The Morgan fingerprint density at radius 1 is 1.12 bits per heavy atom. The first-order valence-corrected chi connectivity index (χ1v) is 8.28. The first-order valence-electron chi connectivity index (χ1n) is 8.28. The molecule has 6 heteroatoms. The maximum Gasteiger partial charge on any atom is 0.306 e. The zero-order chi connectivity index (χ0) is 18.6. The van der Waals surface area contributed by atoms with Gasteiger partial charge in [0.2, 0.25) is 0 Å². The first kappa shape index (κ1) is 18.8. The third kappa shape index (κ3) is 5.24. The summed E-state index contributed by atoms with van der Waals surface area (Å²) in [6, 6.07) is 5.63. The van der Waals surface area contributed by atoms with Gasteiger partial charge in [-0.05, 0) is 44.9 Å². The minimum atomic E-state index is -0.509. The molecular formula is C19H25NO5. The third-order valence-corrected chi connectivity index (χ3v) is 3.69. The number of methoxy groups -OCH3 is 1. The maximum atomic E-state index is 11.8. The average Bonchev–Trinajstić information content (AvgIpc) is 2.85. The van der Waals surface area contributed by atoms with Crippen LogP contribution in [-0.2, 0) is 31.9 Å². The van der Waals surface area contributed by atoms with Crippen molar-refractivity contribution in [3.63, 3.8) is 0 Å². The van der Waals surface area contributed by atoms with Gasteiger partial charge >= 0.3 is 11.9 Å². The summed E-state index contributed by atoms with van der Waals surface area (Å²) in [5.41, 5.74) is 7.82. The number of rotatable bonds is 6. The fourth-order valence-electron chi connectivity index (χ4n) is 2.51. The average molecular weight is 347 g/mol. The molecule has 0 unspecified atom stereocenters. The highest BCUT2D eigenvalue weighted by Crippen LogP contribution is 2.30. The Labute approximate surface area is 147 Å². The molecule has 0 spiro atoms. The minimum Gasteiger partial charge on any atom is -0.469 e. The second kappa shape index (κ2) is 7.59. The van der Waals surface area contributed by atoms with Crippen molar-refractivity contribution in [2.75, 3.05) is 12.8 Å². The summed E-state index contributed by atoms with van der Waals surface area (Å²) in [6.45, 7) is 5.49. The van der Waals surface area contributed by atoms with E-state index in [-0.39, 0.29) is 18.4 Å². The molecule has 25 heavy (non-hydrogen) atoms. The number of esters is 2. The lowest BCUT2D eigenvalue weighted by molar-refractivity contribution is -0.154. The molecule has 0 aliphatic rings. The molecule has 0 aliphatic heterocycles. The van der Waals surface area contributed by atoms with E-state index in [4.69, 9.17) is 14.9 Å². The number of carbonyl (C=O) groups excluding carboxylic acids is 2. The van der Waals surface area contributed by atoms with Gasteiger partial charge < -0.3 is 19.6 Å². The van der Waals surface area contributed by atoms with Crippen molar-refractivity contribution in [3.8, 4) is 0 Å². The zero-order valence-corrected chi connectivity index (χ0v) is 15.2. The molecular weight excluding hydrogens is 322 g/mol. The van der Waals surface area contributed by atoms with E-state index in [2.05, 4.69) is 4.74 Å². The number of ether oxygens (including phenoxy) is 2. The zero-order valence-electron chi connectivity index (χ0n) is 15.2. The fourth-order valence-corrected chi connectivity index (χ4v) is 2.51. The van der Waals surface area contributed by atoms with Gasteiger partial charge in [-0.2, -0.15) is 0 Å². The van der Waals surface area contributed by atoms with E-state index < -0.39 is 5.60 Å². The third-order valence-electron chi connectivity index (χ3n) is 3.69. The van der Waals surface area contributed by atoms with Crippen LogP contribution < -0.4 is 5.73 Å². The molecule has 0 bridgehead atoms. The Hall–Kier alpha value is -2.50. The summed E-state index contributed by atoms with van der Waals surface area (Å²) >= 11 is 0. The van der Waals surface area contributed by atoms with Crippen LogP contribution in [0.25, 0.3) is 11.0 Å². The van der Waals surface area contributed by atoms with Crippen LogP contribution in [0.1, 0.15) is 44.9 Å². The van der Waals surface area contributed by atoms with E-state index in [0.717, 1.165) is 10.9 Å². The molecule has 6 nitrogen and oxygen atoms in total. The quantitative estimate of drug-likeness (QED) is 0.805. The number of nitrogens with two attached hydrogens (primary N) is 1. The number of carbonyl (C=O) groups is 2. The molecule has 1 heterocycles. The molecule has 136 valence electrons. The first-order chi connectivity index (χ1) is 11.7. The monoisotopic (exact) mass is 347 g/mol. The second-order valence-electron chi connectivity index (χ2n) is 6.93. The topological polar surface area (TPSA) is 91.8 Å². The van der Waals surface area contributed by atoms with E-state index in [1.54, 1.807) is 0 Å². The maximum absolute atomic E-state index is 11.8. The van der Waals surface area contributed by atoms with Crippen molar-refractivity contribution in [3.05, 3.63) is 29.5 Å². The van der Waals surface area contributed by atoms with Gasteiger partial charge in [0.25, 0.3) is 0 Å². The van der Waals surface area contributed by atoms with E-state index in [0.29, 0.717) is 36.3 Å². The van der Waals surface area contributed by atoms with E-state index in [1.807, 2.05) is 39.0 Å². The van der Waals surface area contributed by atoms with Crippen molar-refractivity contribution < 1.29 is 23.5 Å². The van der Waals surface area contributed by atoms with Crippen LogP contribution in [0.15, 0.2) is 22.6 Å². The molecule has 0 amide bonds. The van der Waals surface area contributed by atoms with Crippen LogP contribution in [0.2, 0.25) is 0 Å². The predicted molar refractivity (Wildman–Crippen MR) is 95.1 cm³/mol. The van der Waals surface area contributed by atoms with Crippen LogP contribution in [0.5, 0.6) is 0 Å². The summed E-state index contributed by atoms with van der Waals surface area (Å²) in [5.74, 6) is 0.0374. The van der Waals surface area contributed by atoms with Gasteiger partial charge in [-0.25, -0.2) is 0 Å². The number of furan rings is 1. The van der Waals surface area contributed by atoms with Gasteiger partial charge in [0.1, 0.15) is 16.9 Å². The molecule has 1 aromatic carbocycles. The SMILES string of the molecule is COC(=O)CCc1ccc2oc(CCC(=O)OC(C)(C)C)c(N)c2c1. The van der Waals surface area contributed by atoms with Crippen LogP contribution >= 0.6 is 0 Å². The number of benzene rings is 1. The molecule has 0 saturated carbocycles. The highest BCUT2D eigenvalue weighted by molar-refractivity contribution is 5.91. The predicted octanol–water partition coefficient (Wildman–Crippen LogP) is 3.39. The molecule has 2 rings (SSSR count). The summed E-state index contributed by atoms with van der Waals surface area (Å²) in [7, 11) is 1.37. The highest BCUT2D eigenvalue weighted by Gasteiger charge is 2.18. The van der Waals surface area contributed by atoms with Gasteiger partial charge in [0.15, 0.2) is 0 Å². The van der Waals surface area contributed by atoms with Gasteiger partial charge in [0.05, 0.1) is 19.2 Å². The second-order valence-corrected chi connectivity index (χ2v) is 6.93. The largest absolute Gasteiger partial charge is 0.469 e. The van der Waals surface area contributed by atoms with Gasteiger partial charge in [-0.15, -0.1) is 0 Å². The van der Waals surface area contributed by atoms with Crippen molar-refractivity contribution in [2.24, 2.45) is 0 Å². The smallest absolute Gasteiger partial charge is 0.306 e. The lowest BCUT2D eigenvalue weighted by Crippen LogP contribution is -2.24. The van der Waals surface area contributed by atoms with E-state index in [1.165, 1.54) is 7.11 Å². The Bertz CT molecular complexity index is 770. The van der Waals surface area contributed by atoms with Crippen LogP contribution in [0.4, 0.5) is 5.69 Å². The Kier molecular flexibility index (Phi) is 5.72. The van der Waals surface area contributed by atoms with Crippen LogP contribution in [-0.4, -0.2) is 24.6 Å². The molecule has 2 N–H and O–H groups in total. The summed E-state index contributed by atoms with van der Waals surface area (Å²) < 4.78 is 15.7. The van der Waals surface area contributed by atoms with Crippen molar-refractivity contribution in [1.29, 1.82) is 0 Å². The summed E-state index contributed by atoms with van der Waals surface area (Å²) in [4.78, 5) is 23.1. The number of hydrogen-bond donors (Lipinski definition) is 1. The van der Waals surface area contributed by atoms with Gasteiger partial charge in [-0.3, -0.25) is 9.59 Å². The lowest BCUT2D eigenvalue weighted by atomic mass is 10.1. The fraction of sp³-hybridized carbons (Fsp3) is 0.474. The summed E-state index contributed by atoms with van der Waals surface area (Å²) in [5, 5.41) is 0.793. The standard InChI is InChI=1S/C19H25NO5/c1-19(2,3)25-17(22)10-8-15-18(20)13-11-12(5-7-14(13)24-15)6-9-16(21)23-4/h5,7,11H,6,8-10,20H2,1-4H3. The highest BCUT2D eigenvalue weighted by atomic mass is 16.6. The molecule has 0 aliphatic carbocycles. The van der Waals surface area contributed by atoms with Crippen molar-refractivity contribution >= 4 is 28.6 Å². The molecule has 1 aromatic heterocycles. The Balaban J connectivity index is 2.08.